The number of benzene rings is 1. The minimum Gasteiger partial charge on any atom is -0.252 e. The van der Waals surface area contributed by atoms with Crippen molar-refractivity contribution < 1.29 is 0 Å². The molecule has 3 rings (SSSR count). The summed E-state index contributed by atoms with van der Waals surface area (Å²) in [6.07, 6.45) is 5.67. The van der Waals surface area contributed by atoms with Crippen LogP contribution < -0.4 is 0 Å². The lowest BCUT2D eigenvalue weighted by atomic mass is 9.85. The molecule has 0 saturated carbocycles. The largest absolute Gasteiger partial charge is 0.252 e. The molecule has 1 nitrogen and oxygen atoms in total. The fourth-order valence-corrected chi connectivity index (χ4v) is 2.64. The molecule has 1 aromatic carbocycles. The Morgan fingerprint density at radius 2 is 2.06 bits per heavy atom. The molecule has 1 heterocycles. The SMILES string of the molecule is Cc1ccc2nc3c(cc2c1)C=CC(C(C)C)C3. The molecule has 0 fully saturated rings. The molecule has 1 unspecified atom stereocenters. The summed E-state index contributed by atoms with van der Waals surface area (Å²) in [6, 6.07) is 8.76. The van der Waals surface area contributed by atoms with E-state index in [2.05, 4.69) is 57.2 Å². The van der Waals surface area contributed by atoms with Gasteiger partial charge in [0.05, 0.1) is 5.52 Å². The average Bonchev–Trinajstić information content (AvgIpc) is 2.35. The average molecular weight is 237 g/mol. The van der Waals surface area contributed by atoms with Crippen molar-refractivity contribution in [1.29, 1.82) is 0 Å². The van der Waals surface area contributed by atoms with Crippen LogP contribution in [0.1, 0.15) is 30.7 Å². The lowest BCUT2D eigenvalue weighted by Crippen LogP contribution is -2.14. The molecule has 0 aliphatic heterocycles. The van der Waals surface area contributed by atoms with Crippen LogP contribution in [0.3, 0.4) is 0 Å². The fourth-order valence-electron chi connectivity index (χ4n) is 2.64. The van der Waals surface area contributed by atoms with Gasteiger partial charge < -0.3 is 0 Å². The van der Waals surface area contributed by atoms with E-state index in [-0.39, 0.29) is 0 Å². The van der Waals surface area contributed by atoms with Crippen molar-refractivity contribution in [2.75, 3.05) is 0 Å². The van der Waals surface area contributed by atoms with Crippen molar-refractivity contribution >= 4 is 17.0 Å². The Balaban J connectivity index is 2.11. The monoisotopic (exact) mass is 237 g/mol. The highest BCUT2D eigenvalue weighted by atomic mass is 14.7. The second-order valence-electron chi connectivity index (χ2n) is 5.69. The Morgan fingerprint density at radius 1 is 1.22 bits per heavy atom. The summed E-state index contributed by atoms with van der Waals surface area (Å²) in [4.78, 5) is 4.84. The molecule has 0 spiro atoms. The van der Waals surface area contributed by atoms with Gasteiger partial charge in [0.25, 0.3) is 0 Å². The number of aryl methyl sites for hydroxylation is 1. The number of hydrogen-bond donors (Lipinski definition) is 0. The maximum atomic E-state index is 4.84. The predicted molar refractivity (Wildman–Crippen MR) is 77.5 cm³/mol. The smallest absolute Gasteiger partial charge is 0.0705 e. The zero-order valence-corrected chi connectivity index (χ0v) is 11.3. The van der Waals surface area contributed by atoms with E-state index >= 15 is 0 Å². The van der Waals surface area contributed by atoms with Gasteiger partial charge in [-0.3, -0.25) is 4.98 Å². The molecular weight excluding hydrogens is 218 g/mol. The number of fused-ring (bicyclic) bond motifs is 2. The summed E-state index contributed by atoms with van der Waals surface area (Å²) >= 11 is 0. The van der Waals surface area contributed by atoms with Crippen molar-refractivity contribution in [3.8, 4) is 0 Å². The maximum absolute atomic E-state index is 4.84. The van der Waals surface area contributed by atoms with E-state index in [0.717, 1.165) is 11.9 Å². The zero-order valence-electron chi connectivity index (χ0n) is 11.3. The predicted octanol–water partition coefficient (Wildman–Crippen LogP) is 4.38. The molecule has 92 valence electrons. The van der Waals surface area contributed by atoms with Gasteiger partial charge in [-0.2, -0.15) is 0 Å². The number of allylic oxidation sites excluding steroid dienone is 1. The first-order valence-electron chi connectivity index (χ1n) is 6.72. The maximum Gasteiger partial charge on any atom is 0.0705 e. The van der Waals surface area contributed by atoms with Crippen LogP contribution in [0.15, 0.2) is 30.3 Å². The van der Waals surface area contributed by atoms with Gasteiger partial charge in [0.2, 0.25) is 0 Å². The van der Waals surface area contributed by atoms with Crippen LogP contribution in [0.2, 0.25) is 0 Å². The molecule has 1 aliphatic carbocycles. The number of nitrogens with zero attached hydrogens (tertiary/aromatic N) is 1. The third-order valence-electron chi connectivity index (χ3n) is 3.89. The second-order valence-corrected chi connectivity index (χ2v) is 5.69. The molecule has 1 aromatic heterocycles. The van der Waals surface area contributed by atoms with Crippen LogP contribution in [0.4, 0.5) is 0 Å². The van der Waals surface area contributed by atoms with E-state index in [1.165, 1.54) is 22.2 Å². The van der Waals surface area contributed by atoms with Crippen LogP contribution in [0.5, 0.6) is 0 Å². The minimum atomic E-state index is 0.632. The van der Waals surface area contributed by atoms with Crippen molar-refractivity contribution in [3.63, 3.8) is 0 Å². The first-order valence-corrected chi connectivity index (χ1v) is 6.72. The van der Waals surface area contributed by atoms with E-state index < -0.39 is 0 Å². The normalized spacial score (nSPS) is 18.3. The number of pyridine rings is 1. The quantitative estimate of drug-likeness (QED) is 0.717. The van der Waals surface area contributed by atoms with E-state index in [4.69, 9.17) is 4.98 Å². The summed E-state index contributed by atoms with van der Waals surface area (Å²) in [7, 11) is 0. The summed E-state index contributed by atoms with van der Waals surface area (Å²) in [6.45, 7) is 6.69. The van der Waals surface area contributed by atoms with E-state index in [1.807, 2.05) is 0 Å². The van der Waals surface area contributed by atoms with Gasteiger partial charge in [-0.05, 0) is 48.9 Å². The molecule has 18 heavy (non-hydrogen) atoms. The third-order valence-corrected chi connectivity index (χ3v) is 3.89. The van der Waals surface area contributed by atoms with Gasteiger partial charge >= 0.3 is 0 Å². The van der Waals surface area contributed by atoms with Crippen molar-refractivity contribution in [2.24, 2.45) is 11.8 Å². The topological polar surface area (TPSA) is 12.9 Å². The van der Waals surface area contributed by atoms with Gasteiger partial charge in [-0.1, -0.05) is 37.6 Å². The Bertz CT molecular complexity index is 623. The van der Waals surface area contributed by atoms with Crippen molar-refractivity contribution in [2.45, 2.75) is 27.2 Å². The number of hydrogen-bond acceptors (Lipinski definition) is 1. The van der Waals surface area contributed by atoms with Gasteiger partial charge in [-0.15, -0.1) is 0 Å². The van der Waals surface area contributed by atoms with Gasteiger partial charge in [-0.25, -0.2) is 0 Å². The molecular formula is C17H19N. The van der Waals surface area contributed by atoms with Crippen LogP contribution >= 0.6 is 0 Å². The summed E-state index contributed by atoms with van der Waals surface area (Å²) < 4.78 is 0. The number of aromatic nitrogens is 1. The summed E-state index contributed by atoms with van der Waals surface area (Å²) in [5, 5.41) is 1.25. The molecule has 1 heteroatoms. The Hall–Kier alpha value is -1.63. The Labute approximate surface area is 109 Å². The zero-order chi connectivity index (χ0) is 12.7. The van der Waals surface area contributed by atoms with Crippen LogP contribution in [0, 0.1) is 18.8 Å². The van der Waals surface area contributed by atoms with E-state index in [9.17, 15) is 0 Å². The fraction of sp³-hybridized carbons (Fsp3) is 0.353. The van der Waals surface area contributed by atoms with Gasteiger partial charge in [0, 0.05) is 11.1 Å². The molecule has 0 radical (unpaired) electrons. The molecule has 1 atom stereocenters. The van der Waals surface area contributed by atoms with E-state index in [0.29, 0.717) is 11.8 Å². The highest BCUT2D eigenvalue weighted by molar-refractivity contribution is 5.82. The first kappa shape index (κ1) is 11.5. The summed E-state index contributed by atoms with van der Waals surface area (Å²) in [5.74, 6) is 1.32. The molecule has 1 aliphatic rings. The minimum absolute atomic E-state index is 0.632. The third kappa shape index (κ3) is 1.94. The summed E-state index contributed by atoms with van der Waals surface area (Å²) in [5.41, 5.74) is 4.97. The molecule has 0 N–H and O–H groups in total. The molecule has 0 saturated heterocycles. The van der Waals surface area contributed by atoms with Crippen LogP contribution in [0.25, 0.3) is 17.0 Å². The number of rotatable bonds is 1. The lowest BCUT2D eigenvalue weighted by molar-refractivity contribution is 0.457. The molecule has 0 bridgehead atoms. The van der Waals surface area contributed by atoms with Crippen LogP contribution in [-0.4, -0.2) is 4.98 Å². The lowest BCUT2D eigenvalue weighted by Gasteiger charge is -2.22. The Kier molecular flexibility index (Phi) is 2.70. The Morgan fingerprint density at radius 3 is 2.83 bits per heavy atom. The highest BCUT2D eigenvalue weighted by Gasteiger charge is 2.18. The van der Waals surface area contributed by atoms with Crippen molar-refractivity contribution in [1.82, 2.24) is 4.98 Å². The molecule has 0 amide bonds. The second kappa shape index (κ2) is 4.24. The van der Waals surface area contributed by atoms with E-state index in [1.54, 1.807) is 0 Å². The van der Waals surface area contributed by atoms with Crippen LogP contribution in [-0.2, 0) is 6.42 Å². The molecule has 2 aromatic rings. The highest BCUT2D eigenvalue weighted by Crippen LogP contribution is 2.28. The first-order chi connectivity index (χ1) is 8.63. The van der Waals surface area contributed by atoms with Gasteiger partial charge in [0.1, 0.15) is 0 Å². The van der Waals surface area contributed by atoms with Crippen molar-refractivity contribution in [3.05, 3.63) is 47.2 Å². The van der Waals surface area contributed by atoms with Gasteiger partial charge in [0.15, 0.2) is 0 Å². The standard InChI is InChI=1S/C17H19N/c1-11(2)13-5-6-14-9-15-8-12(3)4-7-16(15)18-17(14)10-13/h4-9,11,13H,10H2,1-3H3.